The predicted molar refractivity (Wildman–Crippen MR) is 73.7 cm³/mol. The predicted octanol–water partition coefficient (Wildman–Crippen LogP) is 1.90. The van der Waals surface area contributed by atoms with Crippen LogP contribution in [0.2, 0.25) is 0 Å². The van der Waals surface area contributed by atoms with Gasteiger partial charge >= 0.3 is 0 Å². The molecule has 0 aliphatic carbocycles. The van der Waals surface area contributed by atoms with Crippen LogP contribution in [0.5, 0.6) is 0 Å². The molecule has 0 saturated carbocycles. The Bertz CT molecular complexity index is 394. The second-order valence-corrected chi connectivity index (χ2v) is 5.12. The molecule has 1 aliphatic heterocycles. The molecule has 2 rings (SSSR count). The van der Waals surface area contributed by atoms with Crippen molar-refractivity contribution in [1.29, 1.82) is 0 Å². The van der Waals surface area contributed by atoms with Crippen molar-refractivity contribution in [2.45, 2.75) is 25.7 Å². The molecule has 4 nitrogen and oxygen atoms in total. The lowest BCUT2D eigenvalue weighted by atomic mass is 9.93. The van der Waals surface area contributed by atoms with Gasteiger partial charge in [-0.2, -0.15) is 0 Å². The molecule has 2 heterocycles. The lowest BCUT2D eigenvalue weighted by Gasteiger charge is -2.32. The average molecular weight is 262 g/mol. The summed E-state index contributed by atoms with van der Waals surface area (Å²) in [5, 5.41) is 0. The van der Waals surface area contributed by atoms with Crippen LogP contribution in [0.25, 0.3) is 0 Å². The van der Waals surface area contributed by atoms with E-state index < -0.39 is 0 Å². The number of ether oxygens (including phenoxy) is 1. The number of methoxy groups -OCH3 is 1. The van der Waals surface area contributed by atoms with Gasteiger partial charge in [0.25, 0.3) is 0 Å². The zero-order chi connectivity index (χ0) is 13.5. The largest absolute Gasteiger partial charge is 0.384 e. The zero-order valence-corrected chi connectivity index (χ0v) is 11.5. The summed E-state index contributed by atoms with van der Waals surface area (Å²) in [5.41, 5.74) is 1.12. The van der Waals surface area contributed by atoms with E-state index in [2.05, 4.69) is 11.1 Å². The van der Waals surface area contributed by atoms with E-state index in [1.165, 1.54) is 6.42 Å². The van der Waals surface area contributed by atoms with E-state index in [0.29, 0.717) is 18.9 Å². The highest BCUT2D eigenvalue weighted by atomic mass is 16.5. The maximum atomic E-state index is 12.0. The van der Waals surface area contributed by atoms with Crippen LogP contribution < -0.4 is 0 Å². The number of hydrogen-bond acceptors (Lipinski definition) is 3. The Kier molecular flexibility index (Phi) is 5.33. The molecule has 1 fully saturated rings. The third-order valence-corrected chi connectivity index (χ3v) is 3.62. The lowest BCUT2D eigenvalue weighted by molar-refractivity contribution is -0.133. The van der Waals surface area contributed by atoms with Gasteiger partial charge in [-0.1, -0.05) is 6.07 Å². The van der Waals surface area contributed by atoms with E-state index >= 15 is 0 Å². The van der Waals surface area contributed by atoms with E-state index in [1.54, 1.807) is 7.11 Å². The number of pyridine rings is 1. The van der Waals surface area contributed by atoms with Crippen LogP contribution in [0.3, 0.4) is 0 Å². The number of rotatable bonds is 5. The SMILES string of the molecule is COCCC(=O)N1CCC[C@H](Cc2ccccn2)C1. The fourth-order valence-corrected chi connectivity index (χ4v) is 2.62. The molecule has 0 N–H and O–H groups in total. The molecule has 0 bridgehead atoms. The fraction of sp³-hybridized carbons (Fsp3) is 0.600. The molecule has 0 aromatic carbocycles. The van der Waals surface area contributed by atoms with E-state index in [9.17, 15) is 4.79 Å². The molecular weight excluding hydrogens is 240 g/mol. The fourth-order valence-electron chi connectivity index (χ4n) is 2.62. The Hall–Kier alpha value is -1.42. The van der Waals surface area contributed by atoms with E-state index in [0.717, 1.165) is 31.6 Å². The molecule has 1 saturated heterocycles. The molecule has 4 heteroatoms. The first-order valence-corrected chi connectivity index (χ1v) is 6.96. The minimum Gasteiger partial charge on any atom is -0.384 e. The number of carbonyl (C=O) groups excluding carboxylic acids is 1. The second-order valence-electron chi connectivity index (χ2n) is 5.12. The molecule has 19 heavy (non-hydrogen) atoms. The number of hydrogen-bond donors (Lipinski definition) is 0. The Balaban J connectivity index is 1.85. The van der Waals surface area contributed by atoms with Crippen molar-refractivity contribution < 1.29 is 9.53 Å². The minimum atomic E-state index is 0.215. The zero-order valence-electron chi connectivity index (χ0n) is 11.5. The van der Waals surface area contributed by atoms with Gasteiger partial charge in [-0.3, -0.25) is 9.78 Å². The molecule has 0 unspecified atom stereocenters. The van der Waals surface area contributed by atoms with Crippen molar-refractivity contribution in [3.63, 3.8) is 0 Å². The van der Waals surface area contributed by atoms with Crippen LogP contribution in [0.15, 0.2) is 24.4 Å². The number of carbonyl (C=O) groups is 1. The Morgan fingerprint density at radius 1 is 1.53 bits per heavy atom. The van der Waals surface area contributed by atoms with Crippen molar-refractivity contribution in [2.24, 2.45) is 5.92 Å². The first-order chi connectivity index (χ1) is 9.29. The lowest BCUT2D eigenvalue weighted by Crippen LogP contribution is -2.40. The summed E-state index contributed by atoms with van der Waals surface area (Å²) < 4.78 is 4.97. The van der Waals surface area contributed by atoms with E-state index in [1.807, 2.05) is 23.2 Å². The Morgan fingerprint density at radius 3 is 3.16 bits per heavy atom. The Morgan fingerprint density at radius 2 is 2.42 bits per heavy atom. The van der Waals surface area contributed by atoms with Crippen LogP contribution in [0.4, 0.5) is 0 Å². The average Bonchev–Trinajstić information content (AvgIpc) is 2.46. The molecule has 1 aliphatic rings. The number of piperidine rings is 1. The van der Waals surface area contributed by atoms with Gasteiger partial charge in [-0.25, -0.2) is 0 Å². The highest BCUT2D eigenvalue weighted by Gasteiger charge is 2.23. The third kappa shape index (κ3) is 4.31. The normalized spacial score (nSPS) is 19.4. The maximum absolute atomic E-state index is 12.0. The van der Waals surface area contributed by atoms with Crippen LogP contribution in [0, 0.1) is 5.92 Å². The van der Waals surface area contributed by atoms with Gasteiger partial charge in [-0.15, -0.1) is 0 Å². The first kappa shape index (κ1) is 14.0. The van der Waals surface area contributed by atoms with E-state index in [4.69, 9.17) is 4.74 Å². The van der Waals surface area contributed by atoms with E-state index in [-0.39, 0.29) is 5.91 Å². The van der Waals surface area contributed by atoms with Gasteiger partial charge in [0, 0.05) is 32.1 Å². The van der Waals surface area contributed by atoms with Crippen LogP contribution >= 0.6 is 0 Å². The summed E-state index contributed by atoms with van der Waals surface area (Å²) in [7, 11) is 1.63. The molecule has 1 amide bonds. The summed E-state index contributed by atoms with van der Waals surface area (Å²) in [4.78, 5) is 18.3. The molecule has 1 aromatic heterocycles. The first-order valence-electron chi connectivity index (χ1n) is 6.96. The van der Waals surface area contributed by atoms with Crippen molar-refractivity contribution in [1.82, 2.24) is 9.88 Å². The number of nitrogens with zero attached hydrogens (tertiary/aromatic N) is 2. The van der Waals surface area contributed by atoms with Crippen molar-refractivity contribution in [2.75, 3.05) is 26.8 Å². The number of likely N-dealkylation sites (tertiary alicyclic amines) is 1. The highest BCUT2D eigenvalue weighted by Crippen LogP contribution is 2.20. The van der Waals surface area contributed by atoms with Crippen molar-refractivity contribution in [3.05, 3.63) is 30.1 Å². The van der Waals surface area contributed by atoms with Gasteiger partial charge in [0.15, 0.2) is 0 Å². The van der Waals surface area contributed by atoms with Crippen LogP contribution in [0.1, 0.15) is 25.0 Å². The maximum Gasteiger partial charge on any atom is 0.224 e. The monoisotopic (exact) mass is 262 g/mol. The van der Waals surface area contributed by atoms with Gasteiger partial charge in [-0.05, 0) is 37.3 Å². The Labute approximate surface area is 114 Å². The third-order valence-electron chi connectivity index (χ3n) is 3.62. The van der Waals surface area contributed by atoms with Crippen molar-refractivity contribution >= 4 is 5.91 Å². The quantitative estimate of drug-likeness (QED) is 0.814. The van der Waals surface area contributed by atoms with Crippen LogP contribution in [-0.4, -0.2) is 42.6 Å². The van der Waals surface area contributed by atoms with Crippen LogP contribution in [-0.2, 0) is 16.0 Å². The van der Waals surface area contributed by atoms with Gasteiger partial charge < -0.3 is 9.64 Å². The summed E-state index contributed by atoms with van der Waals surface area (Å²) in [6.45, 7) is 2.26. The number of amides is 1. The topological polar surface area (TPSA) is 42.4 Å². The smallest absolute Gasteiger partial charge is 0.224 e. The molecule has 1 atom stereocenters. The summed E-state index contributed by atoms with van der Waals surface area (Å²) in [6, 6.07) is 6.02. The summed E-state index contributed by atoms with van der Waals surface area (Å²) in [6.07, 6.45) is 5.57. The summed E-state index contributed by atoms with van der Waals surface area (Å²) in [5.74, 6) is 0.753. The van der Waals surface area contributed by atoms with Crippen molar-refractivity contribution in [3.8, 4) is 0 Å². The number of aromatic nitrogens is 1. The molecule has 1 aromatic rings. The standard InChI is InChI=1S/C15H22N2O2/c1-19-10-7-15(18)17-9-4-5-13(12-17)11-14-6-2-3-8-16-14/h2-3,6,8,13H,4-5,7,9-12H2,1H3/t13-/m1/s1. The molecule has 104 valence electrons. The summed E-state index contributed by atoms with van der Waals surface area (Å²) >= 11 is 0. The highest BCUT2D eigenvalue weighted by molar-refractivity contribution is 5.76. The van der Waals surface area contributed by atoms with Gasteiger partial charge in [0.05, 0.1) is 13.0 Å². The minimum absolute atomic E-state index is 0.215. The molecule has 0 spiro atoms. The van der Waals surface area contributed by atoms with Gasteiger partial charge in [0.2, 0.25) is 5.91 Å². The molecular formula is C15H22N2O2. The van der Waals surface area contributed by atoms with Gasteiger partial charge in [0.1, 0.15) is 0 Å². The molecule has 0 radical (unpaired) electrons. The second kappa shape index (κ2) is 7.24.